The fourth-order valence-electron chi connectivity index (χ4n) is 3.04. The molecule has 134 valence electrons. The highest BCUT2D eigenvalue weighted by atomic mass is 31.2. The summed E-state index contributed by atoms with van der Waals surface area (Å²) in [6.45, 7) is 9.53. The monoisotopic (exact) mass is 338 g/mol. The highest BCUT2D eigenvalue weighted by Crippen LogP contribution is 2.44. The van der Waals surface area contributed by atoms with Crippen LogP contribution in [0.5, 0.6) is 0 Å². The zero-order chi connectivity index (χ0) is 17.1. The number of rotatable bonds is 14. The van der Waals surface area contributed by atoms with E-state index in [9.17, 15) is 9.46 Å². The molecule has 22 heavy (non-hydrogen) atoms. The first kappa shape index (κ1) is 22.1. The molecule has 0 aliphatic heterocycles. The van der Waals surface area contributed by atoms with Gasteiger partial charge in [-0.25, -0.2) is 4.57 Å². The molecule has 0 saturated carbocycles. The van der Waals surface area contributed by atoms with Crippen LogP contribution in [0, 0.1) is 5.41 Å². The summed E-state index contributed by atoms with van der Waals surface area (Å²) in [5.41, 5.74) is 0.223. The van der Waals surface area contributed by atoms with Crippen LogP contribution < -0.4 is 0 Å². The molecule has 0 aliphatic carbocycles. The van der Waals surface area contributed by atoms with Gasteiger partial charge in [-0.15, -0.1) is 0 Å². The summed E-state index contributed by atoms with van der Waals surface area (Å²) in [5, 5.41) is 0. The summed E-state index contributed by atoms with van der Waals surface area (Å²) in [5.74, 6) is 0. The van der Waals surface area contributed by atoms with Crippen LogP contribution in [0.15, 0.2) is 0 Å². The van der Waals surface area contributed by atoms with E-state index in [0.717, 1.165) is 38.5 Å². The van der Waals surface area contributed by atoms with E-state index in [1.165, 1.54) is 7.11 Å². The minimum Gasteiger partial charge on any atom is -0.378 e. The lowest BCUT2D eigenvalue weighted by Crippen LogP contribution is -2.29. The van der Waals surface area contributed by atoms with Crippen molar-refractivity contribution < 1.29 is 23.2 Å². The molecule has 0 spiro atoms. The molecule has 2 atom stereocenters. The van der Waals surface area contributed by atoms with Gasteiger partial charge in [0.1, 0.15) is 0 Å². The molecular weight excluding hydrogens is 303 g/mol. The lowest BCUT2D eigenvalue weighted by molar-refractivity contribution is -0.0197. The van der Waals surface area contributed by atoms with Crippen molar-refractivity contribution in [2.24, 2.45) is 5.41 Å². The molecule has 0 saturated heterocycles. The van der Waals surface area contributed by atoms with E-state index in [0.29, 0.717) is 19.6 Å². The first-order valence-electron chi connectivity index (χ1n) is 8.53. The molecule has 2 unspecified atom stereocenters. The van der Waals surface area contributed by atoms with E-state index in [-0.39, 0.29) is 5.41 Å². The molecule has 0 bridgehead atoms. The van der Waals surface area contributed by atoms with Crippen molar-refractivity contribution in [1.82, 2.24) is 0 Å². The number of phosphoric acid groups is 1. The smallest absolute Gasteiger partial charge is 0.378 e. The van der Waals surface area contributed by atoms with Gasteiger partial charge in [-0.2, -0.15) is 0 Å². The number of phosphoric ester groups is 1. The second kappa shape index (κ2) is 11.6. The fraction of sp³-hybridized carbons (Fsp3) is 1.00. The van der Waals surface area contributed by atoms with Crippen LogP contribution in [0.1, 0.15) is 72.6 Å². The zero-order valence-corrected chi connectivity index (χ0v) is 15.9. The number of hydrogen-bond acceptors (Lipinski definition) is 4. The predicted octanol–water partition coefficient (Wildman–Crippen LogP) is 4.93. The maximum Gasteiger partial charge on any atom is 0.472 e. The van der Waals surface area contributed by atoms with E-state index < -0.39 is 13.9 Å². The van der Waals surface area contributed by atoms with E-state index in [4.69, 9.17) is 9.26 Å². The molecule has 0 aliphatic rings. The van der Waals surface area contributed by atoms with Gasteiger partial charge in [-0.05, 0) is 31.1 Å². The molecule has 0 radical (unpaired) electrons. The maximum atomic E-state index is 11.5. The molecule has 1 N–H and O–H groups in total. The standard InChI is InChI=1S/C16H35O5P/c1-6-10-16(11-7-2,12-8-3)14-20-13-15(9-4)21-22(17,18)19-5/h15H,6-14H2,1-5H3,(H,17,18). The number of hydrogen-bond donors (Lipinski definition) is 1. The average Bonchev–Trinajstić information content (AvgIpc) is 2.47. The van der Waals surface area contributed by atoms with Gasteiger partial charge in [0.05, 0.1) is 19.3 Å². The molecule has 6 heteroatoms. The highest BCUT2D eigenvalue weighted by molar-refractivity contribution is 7.47. The molecule has 5 nitrogen and oxygen atoms in total. The Morgan fingerprint density at radius 3 is 1.91 bits per heavy atom. The highest BCUT2D eigenvalue weighted by Gasteiger charge is 2.29. The minimum atomic E-state index is -3.95. The van der Waals surface area contributed by atoms with Gasteiger partial charge in [0.2, 0.25) is 0 Å². The van der Waals surface area contributed by atoms with Crippen LogP contribution in [0.2, 0.25) is 0 Å². The van der Waals surface area contributed by atoms with Crippen molar-refractivity contribution in [3.05, 3.63) is 0 Å². The lowest BCUT2D eigenvalue weighted by Gasteiger charge is -2.34. The third kappa shape index (κ3) is 8.64. The van der Waals surface area contributed by atoms with Crippen LogP contribution in [-0.4, -0.2) is 31.3 Å². The predicted molar refractivity (Wildman–Crippen MR) is 90.0 cm³/mol. The van der Waals surface area contributed by atoms with E-state index in [1.54, 1.807) is 0 Å². The topological polar surface area (TPSA) is 65.0 Å². The minimum absolute atomic E-state index is 0.223. The lowest BCUT2D eigenvalue weighted by atomic mass is 9.76. The molecular formula is C16H35O5P. The Hall–Kier alpha value is 0.0700. The Balaban J connectivity index is 4.53. The van der Waals surface area contributed by atoms with Crippen LogP contribution in [0.25, 0.3) is 0 Å². The SMILES string of the molecule is CCCC(CCC)(CCC)COCC(CC)OP(=O)(O)OC. The van der Waals surface area contributed by atoms with Gasteiger partial charge in [0.15, 0.2) is 0 Å². The summed E-state index contributed by atoms with van der Waals surface area (Å²) in [4.78, 5) is 9.39. The van der Waals surface area contributed by atoms with E-state index in [1.807, 2.05) is 6.92 Å². The van der Waals surface area contributed by atoms with E-state index in [2.05, 4.69) is 25.3 Å². The quantitative estimate of drug-likeness (QED) is 0.455. The van der Waals surface area contributed by atoms with Gasteiger partial charge in [-0.3, -0.25) is 9.05 Å². The van der Waals surface area contributed by atoms with Gasteiger partial charge in [0, 0.05) is 7.11 Å². The maximum absolute atomic E-state index is 11.5. The molecule has 0 aromatic heterocycles. The zero-order valence-electron chi connectivity index (χ0n) is 15.0. The Morgan fingerprint density at radius 1 is 1.05 bits per heavy atom. The Morgan fingerprint density at radius 2 is 1.55 bits per heavy atom. The molecule has 0 aromatic rings. The normalized spacial score (nSPS) is 16.5. The Kier molecular flexibility index (Phi) is 11.6. The summed E-state index contributed by atoms with van der Waals surface area (Å²) in [6.07, 6.45) is 7.09. The van der Waals surface area contributed by atoms with Crippen LogP contribution >= 0.6 is 7.82 Å². The first-order chi connectivity index (χ1) is 10.4. The number of ether oxygens (including phenoxy) is 1. The molecule has 0 amide bonds. The van der Waals surface area contributed by atoms with Crippen molar-refractivity contribution in [3.63, 3.8) is 0 Å². The van der Waals surface area contributed by atoms with Gasteiger partial charge in [-0.1, -0.05) is 47.0 Å². The van der Waals surface area contributed by atoms with Gasteiger partial charge in [0.25, 0.3) is 0 Å². The van der Waals surface area contributed by atoms with Crippen molar-refractivity contribution in [2.45, 2.75) is 78.7 Å². The Bertz CT molecular complexity index is 305. The molecule has 0 fully saturated rings. The van der Waals surface area contributed by atoms with Crippen molar-refractivity contribution in [1.29, 1.82) is 0 Å². The molecule has 0 rings (SSSR count). The van der Waals surface area contributed by atoms with Crippen molar-refractivity contribution in [3.8, 4) is 0 Å². The molecule has 0 aromatic carbocycles. The Labute approximate surface area is 136 Å². The summed E-state index contributed by atoms with van der Waals surface area (Å²) in [6, 6.07) is 0. The second-order valence-corrected chi connectivity index (χ2v) is 7.57. The van der Waals surface area contributed by atoms with Crippen LogP contribution in [-0.2, 0) is 18.3 Å². The van der Waals surface area contributed by atoms with Crippen LogP contribution in [0.4, 0.5) is 0 Å². The first-order valence-corrected chi connectivity index (χ1v) is 10.0. The van der Waals surface area contributed by atoms with Crippen molar-refractivity contribution >= 4 is 7.82 Å². The third-order valence-corrected chi connectivity index (χ3v) is 5.05. The third-order valence-electron chi connectivity index (χ3n) is 4.02. The second-order valence-electron chi connectivity index (χ2n) is 6.05. The average molecular weight is 338 g/mol. The summed E-state index contributed by atoms with van der Waals surface area (Å²) < 4.78 is 26.9. The van der Waals surface area contributed by atoms with E-state index >= 15 is 0 Å². The van der Waals surface area contributed by atoms with Crippen molar-refractivity contribution in [2.75, 3.05) is 20.3 Å². The summed E-state index contributed by atoms with van der Waals surface area (Å²) >= 11 is 0. The van der Waals surface area contributed by atoms with Crippen LogP contribution in [0.3, 0.4) is 0 Å². The fourth-order valence-corrected chi connectivity index (χ4v) is 3.72. The van der Waals surface area contributed by atoms with Gasteiger partial charge >= 0.3 is 7.82 Å². The largest absolute Gasteiger partial charge is 0.472 e. The molecule has 0 heterocycles. The summed E-state index contributed by atoms with van der Waals surface area (Å²) in [7, 11) is -2.78. The van der Waals surface area contributed by atoms with Gasteiger partial charge < -0.3 is 9.63 Å².